The maximum Gasteiger partial charge on any atom is 0.258 e. The third-order valence-electron chi connectivity index (χ3n) is 2.51. The molecule has 1 N–H and O–H groups in total. The number of halogens is 2. The second kappa shape index (κ2) is 4.69. The summed E-state index contributed by atoms with van der Waals surface area (Å²) in [4.78, 5) is 4.25. The zero-order chi connectivity index (χ0) is 12.4. The van der Waals surface area contributed by atoms with E-state index < -0.39 is 12.5 Å². The number of fused-ring (bicyclic) bond motifs is 1. The first-order valence-electron chi connectivity index (χ1n) is 5.54. The number of rotatable bonds is 4. The summed E-state index contributed by atoms with van der Waals surface area (Å²) in [6.07, 6.45) is -1.68. The van der Waals surface area contributed by atoms with Gasteiger partial charge in [0.25, 0.3) is 6.43 Å². The van der Waals surface area contributed by atoms with Crippen molar-refractivity contribution in [3.8, 4) is 0 Å². The van der Waals surface area contributed by atoms with E-state index in [2.05, 4.69) is 10.3 Å². The van der Waals surface area contributed by atoms with Crippen LogP contribution in [0.25, 0.3) is 11.1 Å². The quantitative estimate of drug-likeness (QED) is 0.889. The molecule has 0 aliphatic carbocycles. The van der Waals surface area contributed by atoms with Gasteiger partial charge in [0.05, 0.1) is 6.04 Å². The van der Waals surface area contributed by atoms with Crippen LogP contribution in [-0.4, -0.2) is 17.5 Å². The Kier molecular flexibility index (Phi) is 3.26. The first kappa shape index (κ1) is 11.8. The van der Waals surface area contributed by atoms with Crippen molar-refractivity contribution < 1.29 is 13.2 Å². The van der Waals surface area contributed by atoms with E-state index in [0.29, 0.717) is 29.1 Å². The van der Waals surface area contributed by atoms with Crippen LogP contribution in [0, 0.1) is 0 Å². The molecule has 92 valence electrons. The van der Waals surface area contributed by atoms with Crippen molar-refractivity contribution in [2.45, 2.75) is 32.7 Å². The highest BCUT2D eigenvalue weighted by Gasteiger charge is 2.14. The highest BCUT2D eigenvalue weighted by Crippen LogP contribution is 2.21. The molecule has 0 fully saturated rings. The first-order chi connectivity index (χ1) is 8.10. The third-order valence-corrected chi connectivity index (χ3v) is 2.51. The molecule has 2 aromatic rings. The molecule has 0 aliphatic rings. The van der Waals surface area contributed by atoms with Crippen molar-refractivity contribution in [2.24, 2.45) is 0 Å². The zero-order valence-electron chi connectivity index (χ0n) is 9.71. The van der Waals surface area contributed by atoms with Crippen LogP contribution in [0.15, 0.2) is 22.6 Å². The summed E-state index contributed by atoms with van der Waals surface area (Å²) in [7, 11) is 0. The minimum atomic E-state index is -2.39. The molecular weight excluding hydrogens is 226 g/mol. The number of benzene rings is 1. The lowest BCUT2D eigenvalue weighted by Gasteiger charge is -2.13. The Hall–Kier alpha value is -1.65. The molecule has 1 aromatic heterocycles. The van der Waals surface area contributed by atoms with Gasteiger partial charge in [-0.25, -0.2) is 13.8 Å². The molecule has 3 nitrogen and oxygen atoms in total. The summed E-state index contributed by atoms with van der Waals surface area (Å²) in [5.74, 6) is 0.652. The Morgan fingerprint density at radius 3 is 2.82 bits per heavy atom. The molecular formula is C12H14F2N2O. The molecule has 0 saturated heterocycles. The molecule has 0 bridgehead atoms. The Balaban J connectivity index is 2.25. The van der Waals surface area contributed by atoms with E-state index >= 15 is 0 Å². The van der Waals surface area contributed by atoms with Crippen molar-refractivity contribution in [2.75, 3.05) is 5.32 Å². The predicted molar refractivity (Wildman–Crippen MR) is 62.5 cm³/mol. The van der Waals surface area contributed by atoms with E-state index in [1.54, 1.807) is 18.2 Å². The van der Waals surface area contributed by atoms with Crippen LogP contribution < -0.4 is 5.32 Å². The van der Waals surface area contributed by atoms with Gasteiger partial charge in [-0.05, 0) is 25.1 Å². The minimum Gasteiger partial charge on any atom is -0.441 e. The summed E-state index contributed by atoms with van der Waals surface area (Å²) in [6, 6.07) is 4.29. The van der Waals surface area contributed by atoms with E-state index in [0.717, 1.165) is 0 Å². The number of oxazole rings is 1. The smallest absolute Gasteiger partial charge is 0.258 e. The van der Waals surface area contributed by atoms with Crippen LogP contribution >= 0.6 is 0 Å². The van der Waals surface area contributed by atoms with Gasteiger partial charge in [-0.2, -0.15) is 0 Å². The summed E-state index contributed by atoms with van der Waals surface area (Å²) in [6.45, 7) is 3.39. The molecule has 0 saturated carbocycles. The van der Waals surface area contributed by atoms with Crippen LogP contribution in [0.5, 0.6) is 0 Å². The number of nitrogens with one attached hydrogen (secondary N) is 1. The minimum absolute atomic E-state index is 0.626. The maximum atomic E-state index is 12.4. The molecule has 0 amide bonds. The Morgan fingerprint density at radius 2 is 2.18 bits per heavy atom. The average Bonchev–Trinajstić information content (AvgIpc) is 2.70. The monoisotopic (exact) mass is 240 g/mol. The fourth-order valence-corrected chi connectivity index (χ4v) is 1.54. The van der Waals surface area contributed by atoms with Crippen molar-refractivity contribution >= 4 is 16.8 Å². The van der Waals surface area contributed by atoms with Crippen molar-refractivity contribution in [1.29, 1.82) is 0 Å². The molecule has 1 aromatic carbocycles. The van der Waals surface area contributed by atoms with Gasteiger partial charge in [0.2, 0.25) is 0 Å². The highest BCUT2D eigenvalue weighted by atomic mass is 19.3. The largest absolute Gasteiger partial charge is 0.441 e. The number of aryl methyl sites for hydroxylation is 1. The van der Waals surface area contributed by atoms with Gasteiger partial charge in [0.1, 0.15) is 5.52 Å². The molecule has 1 unspecified atom stereocenters. The van der Waals surface area contributed by atoms with Crippen LogP contribution in [0.4, 0.5) is 14.5 Å². The van der Waals surface area contributed by atoms with E-state index in [4.69, 9.17) is 4.42 Å². The van der Waals surface area contributed by atoms with Gasteiger partial charge >= 0.3 is 0 Å². The molecule has 5 heteroatoms. The van der Waals surface area contributed by atoms with Crippen LogP contribution in [0.3, 0.4) is 0 Å². The maximum absolute atomic E-state index is 12.4. The molecule has 0 aliphatic heterocycles. The van der Waals surface area contributed by atoms with Crippen LogP contribution in [0.1, 0.15) is 19.7 Å². The Bertz CT molecular complexity index is 510. The molecule has 1 atom stereocenters. The number of nitrogens with zero attached hydrogens (tertiary/aromatic N) is 1. The highest BCUT2D eigenvalue weighted by molar-refractivity contribution is 5.77. The van der Waals surface area contributed by atoms with Gasteiger partial charge in [0, 0.05) is 12.1 Å². The first-order valence-corrected chi connectivity index (χ1v) is 5.54. The second-order valence-electron chi connectivity index (χ2n) is 3.91. The van der Waals surface area contributed by atoms with Crippen LogP contribution in [-0.2, 0) is 6.42 Å². The van der Waals surface area contributed by atoms with Gasteiger partial charge in [-0.15, -0.1) is 0 Å². The fourth-order valence-electron chi connectivity index (χ4n) is 1.54. The molecule has 0 radical (unpaired) electrons. The lowest BCUT2D eigenvalue weighted by Crippen LogP contribution is -2.23. The van der Waals surface area contributed by atoms with E-state index in [1.165, 1.54) is 6.92 Å². The van der Waals surface area contributed by atoms with Gasteiger partial charge < -0.3 is 9.73 Å². The lowest BCUT2D eigenvalue weighted by molar-refractivity contribution is 0.131. The van der Waals surface area contributed by atoms with Crippen molar-refractivity contribution in [3.63, 3.8) is 0 Å². The lowest BCUT2D eigenvalue weighted by atomic mass is 10.2. The zero-order valence-corrected chi connectivity index (χ0v) is 9.71. The summed E-state index contributed by atoms with van der Waals surface area (Å²) < 4.78 is 30.2. The second-order valence-corrected chi connectivity index (χ2v) is 3.91. The Morgan fingerprint density at radius 1 is 1.41 bits per heavy atom. The molecule has 1 heterocycles. The summed E-state index contributed by atoms with van der Waals surface area (Å²) in [5, 5.41) is 2.73. The fraction of sp³-hybridized carbons (Fsp3) is 0.417. The molecule has 2 rings (SSSR count). The summed E-state index contributed by atoms with van der Waals surface area (Å²) >= 11 is 0. The number of hydrogen-bond acceptors (Lipinski definition) is 3. The van der Waals surface area contributed by atoms with Gasteiger partial charge in [-0.3, -0.25) is 0 Å². The number of alkyl halides is 2. The van der Waals surface area contributed by atoms with E-state index in [9.17, 15) is 8.78 Å². The predicted octanol–water partition coefficient (Wildman–Crippen LogP) is 3.46. The Labute approximate surface area is 97.8 Å². The van der Waals surface area contributed by atoms with Crippen LogP contribution in [0.2, 0.25) is 0 Å². The average molecular weight is 240 g/mol. The normalized spacial score (nSPS) is 13.2. The van der Waals surface area contributed by atoms with E-state index in [1.807, 2.05) is 6.92 Å². The summed E-state index contributed by atoms with van der Waals surface area (Å²) in [5.41, 5.74) is 1.99. The van der Waals surface area contributed by atoms with E-state index in [-0.39, 0.29) is 0 Å². The standard InChI is InChI=1S/C12H14F2N2O/c1-3-11-16-9-6-8(4-5-10(9)17-11)15-7(2)12(13)14/h4-7,12,15H,3H2,1-2H3. The molecule has 17 heavy (non-hydrogen) atoms. The number of anilines is 1. The van der Waals surface area contributed by atoms with Crippen molar-refractivity contribution in [3.05, 3.63) is 24.1 Å². The SMILES string of the molecule is CCc1nc2cc(NC(C)C(F)F)ccc2o1. The van der Waals surface area contributed by atoms with Crippen molar-refractivity contribution in [1.82, 2.24) is 4.98 Å². The number of hydrogen-bond donors (Lipinski definition) is 1. The third kappa shape index (κ3) is 2.54. The van der Waals surface area contributed by atoms with Gasteiger partial charge in [0.15, 0.2) is 11.5 Å². The topological polar surface area (TPSA) is 38.1 Å². The number of aromatic nitrogens is 1. The molecule has 0 spiro atoms. The van der Waals surface area contributed by atoms with Gasteiger partial charge in [-0.1, -0.05) is 6.92 Å².